The number of aliphatic hydroxyl groups is 1. The molecule has 0 aliphatic rings. The highest BCUT2D eigenvalue weighted by molar-refractivity contribution is 5.79. The summed E-state index contributed by atoms with van der Waals surface area (Å²) >= 11 is 0. The van der Waals surface area contributed by atoms with Crippen molar-refractivity contribution in [1.82, 2.24) is 0 Å². The van der Waals surface area contributed by atoms with Crippen molar-refractivity contribution >= 4 is 11.9 Å². The molecule has 0 bridgehead atoms. The predicted molar refractivity (Wildman–Crippen MR) is 63.7 cm³/mol. The summed E-state index contributed by atoms with van der Waals surface area (Å²) in [7, 11) is 0. The molecule has 0 spiro atoms. The first-order valence-corrected chi connectivity index (χ1v) is 5.61. The number of benzene rings is 1. The van der Waals surface area contributed by atoms with Crippen LogP contribution in [0.15, 0.2) is 30.3 Å². The molecule has 0 radical (unpaired) electrons. The van der Waals surface area contributed by atoms with Gasteiger partial charge in [0.15, 0.2) is 0 Å². The minimum atomic E-state index is -1.21. The molecule has 1 aromatic rings. The molecule has 0 aliphatic carbocycles. The van der Waals surface area contributed by atoms with Crippen molar-refractivity contribution < 1.29 is 24.5 Å². The second-order valence-electron chi connectivity index (χ2n) is 4.04. The fourth-order valence-corrected chi connectivity index (χ4v) is 1.44. The Labute approximate surface area is 105 Å². The van der Waals surface area contributed by atoms with Gasteiger partial charge in [0.05, 0.1) is 18.4 Å². The molecule has 0 saturated heterocycles. The van der Waals surface area contributed by atoms with Gasteiger partial charge >= 0.3 is 11.9 Å². The number of hydrogen-bond donors (Lipinski definition) is 2. The Morgan fingerprint density at radius 3 is 2.39 bits per heavy atom. The van der Waals surface area contributed by atoms with E-state index < -0.39 is 24.0 Å². The van der Waals surface area contributed by atoms with Crippen LogP contribution in [-0.2, 0) is 20.9 Å². The van der Waals surface area contributed by atoms with Crippen LogP contribution in [0.5, 0.6) is 0 Å². The van der Waals surface area contributed by atoms with Crippen molar-refractivity contribution in [2.75, 3.05) is 0 Å². The molecule has 0 aliphatic heterocycles. The maximum Gasteiger partial charge on any atom is 0.309 e. The molecular weight excluding hydrogens is 236 g/mol. The number of carboxylic acid groups (broad SMARTS) is 1. The summed E-state index contributed by atoms with van der Waals surface area (Å²) in [6.45, 7) is 1.44. The molecule has 1 rings (SSSR count). The molecule has 5 nitrogen and oxygen atoms in total. The molecule has 0 heterocycles. The highest BCUT2D eigenvalue weighted by atomic mass is 16.5. The number of carboxylic acids is 1. The number of aliphatic carboxylic acids is 1. The van der Waals surface area contributed by atoms with Crippen molar-refractivity contribution in [3.63, 3.8) is 0 Å². The van der Waals surface area contributed by atoms with Crippen LogP contribution in [0.3, 0.4) is 0 Å². The number of hydrogen-bond acceptors (Lipinski definition) is 4. The average molecular weight is 252 g/mol. The Balaban J connectivity index is 2.44. The molecule has 0 fully saturated rings. The largest absolute Gasteiger partial charge is 0.481 e. The van der Waals surface area contributed by atoms with E-state index in [2.05, 4.69) is 0 Å². The average Bonchev–Trinajstić information content (AvgIpc) is 2.34. The van der Waals surface area contributed by atoms with E-state index in [1.165, 1.54) is 6.92 Å². The van der Waals surface area contributed by atoms with Crippen LogP contribution < -0.4 is 0 Å². The summed E-state index contributed by atoms with van der Waals surface area (Å²) in [4.78, 5) is 22.2. The Bertz CT molecular complexity index is 399. The van der Waals surface area contributed by atoms with E-state index in [4.69, 9.17) is 9.84 Å². The lowest BCUT2D eigenvalue weighted by Crippen LogP contribution is -2.28. The van der Waals surface area contributed by atoms with Gasteiger partial charge in [-0.15, -0.1) is 0 Å². The van der Waals surface area contributed by atoms with E-state index in [1.54, 1.807) is 12.1 Å². The molecule has 2 N–H and O–H groups in total. The van der Waals surface area contributed by atoms with E-state index in [0.717, 1.165) is 5.56 Å². The second-order valence-corrected chi connectivity index (χ2v) is 4.04. The van der Waals surface area contributed by atoms with Crippen LogP contribution in [0.1, 0.15) is 18.9 Å². The third-order valence-corrected chi connectivity index (χ3v) is 2.53. The lowest BCUT2D eigenvalue weighted by Gasteiger charge is -2.14. The lowest BCUT2D eigenvalue weighted by molar-refractivity contribution is -0.155. The van der Waals surface area contributed by atoms with Gasteiger partial charge in [0.25, 0.3) is 0 Å². The third kappa shape index (κ3) is 4.55. The minimum Gasteiger partial charge on any atom is -0.481 e. The first-order valence-electron chi connectivity index (χ1n) is 5.61. The zero-order valence-electron chi connectivity index (χ0n) is 10.1. The van der Waals surface area contributed by atoms with E-state index in [0.29, 0.717) is 0 Å². The quantitative estimate of drug-likeness (QED) is 0.743. The van der Waals surface area contributed by atoms with Crippen LogP contribution in [0.25, 0.3) is 0 Å². The first kappa shape index (κ1) is 14.2. The molecule has 0 aromatic heterocycles. The zero-order chi connectivity index (χ0) is 13.5. The Hall–Kier alpha value is -1.88. The Morgan fingerprint density at radius 1 is 1.28 bits per heavy atom. The van der Waals surface area contributed by atoms with Gasteiger partial charge in [0, 0.05) is 0 Å². The smallest absolute Gasteiger partial charge is 0.309 e. The van der Waals surface area contributed by atoms with Gasteiger partial charge in [-0.3, -0.25) is 9.59 Å². The van der Waals surface area contributed by atoms with Crippen LogP contribution in [-0.4, -0.2) is 28.3 Å². The number of aliphatic hydroxyl groups excluding tert-OH is 1. The van der Waals surface area contributed by atoms with Crippen LogP contribution in [0.4, 0.5) is 0 Å². The monoisotopic (exact) mass is 252 g/mol. The minimum absolute atomic E-state index is 0.103. The molecule has 18 heavy (non-hydrogen) atoms. The number of ether oxygens (including phenoxy) is 1. The summed E-state index contributed by atoms with van der Waals surface area (Å²) in [6.07, 6.45) is -1.42. The normalized spacial score (nSPS) is 13.7. The van der Waals surface area contributed by atoms with Gasteiger partial charge in [-0.05, 0) is 12.5 Å². The standard InChI is InChI=1S/C13H16O5/c1-9(14)11(13(16)17)7-12(15)18-8-10-5-3-2-4-6-10/h2-6,9,11,14H,7-8H2,1H3,(H,16,17)/t9-,11+/m0/s1. The molecule has 98 valence electrons. The van der Waals surface area contributed by atoms with Crippen LogP contribution in [0, 0.1) is 5.92 Å². The molecule has 0 amide bonds. The molecule has 5 heteroatoms. The molecule has 0 unspecified atom stereocenters. The third-order valence-electron chi connectivity index (χ3n) is 2.53. The SMILES string of the molecule is C[C@H](O)[C@@H](CC(=O)OCc1ccccc1)C(=O)O. The number of esters is 1. The molecule has 2 atom stereocenters. The van der Waals surface area contributed by atoms with Crippen LogP contribution >= 0.6 is 0 Å². The lowest BCUT2D eigenvalue weighted by atomic mass is 10.0. The Kier molecular flexibility index (Phi) is 5.32. The summed E-state index contributed by atoms with van der Waals surface area (Å²) in [6, 6.07) is 9.09. The van der Waals surface area contributed by atoms with Gasteiger partial charge in [-0.2, -0.15) is 0 Å². The highest BCUT2D eigenvalue weighted by Crippen LogP contribution is 2.11. The van der Waals surface area contributed by atoms with Crippen LogP contribution in [0.2, 0.25) is 0 Å². The fraction of sp³-hybridized carbons (Fsp3) is 0.385. The topological polar surface area (TPSA) is 83.8 Å². The van der Waals surface area contributed by atoms with Gasteiger partial charge < -0.3 is 14.9 Å². The molecule has 1 aromatic carbocycles. The highest BCUT2D eigenvalue weighted by Gasteiger charge is 2.26. The van der Waals surface area contributed by atoms with E-state index in [9.17, 15) is 14.7 Å². The van der Waals surface area contributed by atoms with Crippen molar-refractivity contribution in [2.45, 2.75) is 26.1 Å². The molecule has 0 saturated carbocycles. The number of carbonyl (C=O) groups is 2. The summed E-state index contributed by atoms with van der Waals surface area (Å²) < 4.78 is 4.95. The Morgan fingerprint density at radius 2 is 1.89 bits per heavy atom. The zero-order valence-corrected chi connectivity index (χ0v) is 10.1. The molecular formula is C13H16O5. The number of carbonyl (C=O) groups excluding carboxylic acids is 1. The van der Waals surface area contributed by atoms with E-state index in [1.807, 2.05) is 18.2 Å². The maximum atomic E-state index is 11.4. The van der Waals surface area contributed by atoms with Crippen molar-refractivity contribution in [2.24, 2.45) is 5.92 Å². The second kappa shape index (κ2) is 6.76. The summed E-state index contributed by atoms with van der Waals surface area (Å²) in [5.74, 6) is -2.97. The maximum absolute atomic E-state index is 11.4. The van der Waals surface area contributed by atoms with E-state index in [-0.39, 0.29) is 13.0 Å². The van der Waals surface area contributed by atoms with Crippen molar-refractivity contribution in [1.29, 1.82) is 0 Å². The van der Waals surface area contributed by atoms with Gasteiger partial charge in [-0.25, -0.2) is 0 Å². The van der Waals surface area contributed by atoms with E-state index >= 15 is 0 Å². The van der Waals surface area contributed by atoms with Crippen molar-refractivity contribution in [3.8, 4) is 0 Å². The number of rotatable bonds is 6. The van der Waals surface area contributed by atoms with Gasteiger partial charge in [0.2, 0.25) is 0 Å². The summed E-state index contributed by atoms with van der Waals surface area (Å²) in [5, 5.41) is 18.0. The first-order chi connectivity index (χ1) is 8.50. The van der Waals surface area contributed by atoms with Gasteiger partial charge in [0.1, 0.15) is 6.61 Å². The fourth-order valence-electron chi connectivity index (χ4n) is 1.44. The van der Waals surface area contributed by atoms with Gasteiger partial charge in [-0.1, -0.05) is 30.3 Å². The predicted octanol–water partition coefficient (Wildman–Crippen LogP) is 1.20. The van der Waals surface area contributed by atoms with Crippen molar-refractivity contribution in [3.05, 3.63) is 35.9 Å². The summed E-state index contributed by atoms with van der Waals surface area (Å²) in [5.41, 5.74) is 0.828.